The maximum Gasteiger partial charge on any atom is 0.116 e. The highest BCUT2D eigenvalue weighted by atomic mass is 15.4. The first-order valence-corrected chi connectivity index (χ1v) is 5.04. The molecule has 0 aliphatic carbocycles. The van der Waals surface area contributed by atoms with Gasteiger partial charge in [-0.2, -0.15) is 0 Å². The smallest absolute Gasteiger partial charge is 0.116 e. The van der Waals surface area contributed by atoms with Gasteiger partial charge in [-0.1, -0.05) is 39.8 Å². The third kappa shape index (κ3) is 1.99. The first kappa shape index (κ1) is 11.3. The van der Waals surface area contributed by atoms with Gasteiger partial charge in [-0.05, 0) is 5.31 Å². The number of hydrogen-bond donors (Lipinski definition) is 0. The van der Waals surface area contributed by atoms with Crippen LogP contribution in [0.1, 0.15) is 46.0 Å². The van der Waals surface area contributed by atoms with E-state index < -0.39 is 0 Å². The van der Waals surface area contributed by atoms with E-state index in [0.29, 0.717) is 0 Å². The summed E-state index contributed by atoms with van der Waals surface area (Å²) in [5.41, 5.74) is 2.40. The lowest BCUT2D eigenvalue weighted by atomic mass is 9.67. The van der Waals surface area contributed by atoms with Gasteiger partial charge in [0.15, 0.2) is 0 Å². The minimum absolute atomic E-state index is 0.0663. The molecule has 0 saturated carbocycles. The molecule has 0 aromatic carbocycles. The van der Waals surface area contributed by atoms with Gasteiger partial charge in [-0.3, -0.25) is 4.68 Å². The second kappa shape index (κ2) is 3.11. The average molecular weight is 193 g/mol. The molecule has 1 rings (SSSR count). The predicted molar refractivity (Wildman–Crippen MR) is 61.3 cm³/mol. The van der Waals surface area contributed by atoms with E-state index in [4.69, 9.17) is 0 Å². The van der Waals surface area contributed by atoms with Gasteiger partial charge in [0, 0.05) is 12.5 Å². The molecular formula is C10H20BN3. The van der Waals surface area contributed by atoms with Gasteiger partial charge in [-0.25, -0.2) is 0 Å². The quantitative estimate of drug-likeness (QED) is 0.622. The van der Waals surface area contributed by atoms with E-state index in [1.54, 1.807) is 0 Å². The predicted octanol–water partition coefficient (Wildman–Crippen LogP) is 0.981. The van der Waals surface area contributed by atoms with Gasteiger partial charge in [0.2, 0.25) is 0 Å². The Bertz CT molecular complexity index is 328. The van der Waals surface area contributed by atoms with E-state index >= 15 is 0 Å². The van der Waals surface area contributed by atoms with Crippen molar-refractivity contribution < 1.29 is 0 Å². The number of nitrogens with zero attached hydrogens (tertiary/aromatic N) is 3. The molecular weight excluding hydrogens is 173 g/mol. The molecule has 3 nitrogen and oxygen atoms in total. The highest BCUT2D eigenvalue weighted by Gasteiger charge is 2.30. The molecule has 0 fully saturated rings. The Balaban J connectivity index is 3.35. The van der Waals surface area contributed by atoms with Crippen molar-refractivity contribution in [2.45, 2.75) is 45.3 Å². The monoisotopic (exact) mass is 193 g/mol. The molecule has 0 aliphatic rings. The minimum atomic E-state index is 0.0663. The molecule has 1 heterocycles. The zero-order valence-corrected chi connectivity index (χ0v) is 10.3. The van der Waals surface area contributed by atoms with Crippen LogP contribution < -0.4 is 0 Å². The molecule has 0 bridgehead atoms. The number of aromatic nitrogens is 3. The van der Waals surface area contributed by atoms with Gasteiger partial charge >= 0.3 is 0 Å². The molecule has 0 spiro atoms. The Hall–Kier alpha value is -0.795. The van der Waals surface area contributed by atoms with E-state index in [1.165, 1.54) is 5.69 Å². The van der Waals surface area contributed by atoms with Crippen LogP contribution in [0.15, 0.2) is 0 Å². The molecule has 1 aromatic rings. The summed E-state index contributed by atoms with van der Waals surface area (Å²) in [6, 6.07) is 0. The molecule has 14 heavy (non-hydrogen) atoms. The summed E-state index contributed by atoms with van der Waals surface area (Å²) in [4.78, 5) is 0. The van der Waals surface area contributed by atoms with Crippen molar-refractivity contribution in [1.82, 2.24) is 15.0 Å². The van der Waals surface area contributed by atoms with Crippen LogP contribution in [-0.4, -0.2) is 22.8 Å². The highest BCUT2D eigenvalue weighted by Crippen LogP contribution is 2.29. The van der Waals surface area contributed by atoms with Crippen LogP contribution in [0.25, 0.3) is 0 Å². The summed E-state index contributed by atoms with van der Waals surface area (Å²) in [7, 11) is 4.16. The molecule has 0 N–H and O–H groups in total. The maximum absolute atomic E-state index is 4.27. The highest BCUT2D eigenvalue weighted by molar-refractivity contribution is 6.15. The lowest BCUT2D eigenvalue weighted by Gasteiger charge is -2.25. The van der Waals surface area contributed by atoms with Gasteiger partial charge in [0.25, 0.3) is 0 Å². The van der Waals surface area contributed by atoms with Crippen molar-refractivity contribution in [3.63, 3.8) is 0 Å². The third-order valence-corrected chi connectivity index (χ3v) is 2.25. The van der Waals surface area contributed by atoms with Gasteiger partial charge in [-0.15, -0.1) is 5.10 Å². The molecule has 0 atom stereocenters. The van der Waals surface area contributed by atoms with Crippen LogP contribution in [0.4, 0.5) is 0 Å². The summed E-state index contributed by atoms with van der Waals surface area (Å²) < 4.78 is 1.89. The Morgan fingerprint density at radius 2 is 1.64 bits per heavy atom. The second-order valence-electron chi connectivity index (χ2n) is 5.91. The van der Waals surface area contributed by atoms with Crippen LogP contribution in [0, 0.1) is 0 Å². The normalized spacial score (nSPS) is 13.3. The molecule has 0 radical (unpaired) electrons. The van der Waals surface area contributed by atoms with Crippen molar-refractivity contribution in [1.29, 1.82) is 0 Å². The van der Waals surface area contributed by atoms with Crippen molar-refractivity contribution in [3.05, 3.63) is 11.4 Å². The first-order valence-electron chi connectivity index (χ1n) is 5.04. The molecule has 1 aromatic heterocycles. The summed E-state index contributed by atoms with van der Waals surface area (Å²) in [6.07, 6.45) is 0. The number of hydrogen-bond acceptors (Lipinski definition) is 2. The van der Waals surface area contributed by atoms with Crippen molar-refractivity contribution in [2.24, 2.45) is 7.05 Å². The van der Waals surface area contributed by atoms with E-state index in [-0.39, 0.29) is 10.7 Å². The molecule has 78 valence electrons. The average Bonchev–Trinajstić information content (AvgIpc) is 2.27. The zero-order chi connectivity index (χ0) is 11.1. The van der Waals surface area contributed by atoms with Crippen molar-refractivity contribution in [2.75, 3.05) is 0 Å². The van der Waals surface area contributed by atoms with E-state index in [2.05, 4.69) is 52.8 Å². The summed E-state index contributed by atoms with van der Waals surface area (Å²) in [6.45, 7) is 10.9. The third-order valence-electron chi connectivity index (χ3n) is 2.25. The fourth-order valence-electron chi connectivity index (χ4n) is 1.70. The SMILES string of the molecule is BC(C)(C)c1c(C(C)(C)C)nnn1C. The lowest BCUT2D eigenvalue weighted by Crippen LogP contribution is -2.26. The summed E-state index contributed by atoms with van der Waals surface area (Å²) in [5, 5.41) is 8.48. The van der Waals surface area contributed by atoms with Crippen molar-refractivity contribution in [3.8, 4) is 0 Å². The Labute approximate surface area is 87.3 Å². The van der Waals surface area contributed by atoms with Crippen LogP contribution >= 0.6 is 0 Å². The molecule has 0 aliphatic heterocycles. The first-order chi connectivity index (χ1) is 6.14. The minimum Gasteiger partial charge on any atom is -0.252 e. The number of aryl methyl sites for hydroxylation is 1. The van der Waals surface area contributed by atoms with Gasteiger partial charge in [0.05, 0.1) is 11.4 Å². The maximum atomic E-state index is 4.27. The van der Waals surface area contributed by atoms with Crippen LogP contribution in [0.5, 0.6) is 0 Å². The molecule has 0 saturated heterocycles. The Morgan fingerprint density at radius 1 is 1.14 bits per heavy atom. The van der Waals surface area contributed by atoms with E-state index in [0.717, 1.165) is 5.69 Å². The van der Waals surface area contributed by atoms with Gasteiger partial charge in [0.1, 0.15) is 7.85 Å². The molecule has 4 heteroatoms. The van der Waals surface area contributed by atoms with Crippen LogP contribution in [0.2, 0.25) is 0 Å². The molecule has 0 amide bonds. The van der Waals surface area contributed by atoms with Crippen LogP contribution in [0.3, 0.4) is 0 Å². The zero-order valence-electron chi connectivity index (χ0n) is 10.3. The van der Waals surface area contributed by atoms with Crippen LogP contribution in [-0.2, 0) is 17.8 Å². The standard InChI is InChI=1S/C10H20BN3/c1-9(2,3)7-8(10(4,5)11)14(6)13-12-7/h11H2,1-6H3. The topological polar surface area (TPSA) is 30.7 Å². The fourth-order valence-corrected chi connectivity index (χ4v) is 1.70. The Morgan fingerprint density at radius 3 is 1.93 bits per heavy atom. The fraction of sp³-hybridized carbons (Fsp3) is 0.800. The van der Waals surface area contributed by atoms with E-state index in [1.807, 2.05) is 11.7 Å². The van der Waals surface area contributed by atoms with E-state index in [9.17, 15) is 0 Å². The van der Waals surface area contributed by atoms with Gasteiger partial charge < -0.3 is 0 Å². The Kier molecular flexibility index (Phi) is 2.50. The summed E-state index contributed by atoms with van der Waals surface area (Å²) in [5.74, 6) is 0. The number of rotatable bonds is 1. The van der Waals surface area contributed by atoms with Crippen molar-refractivity contribution >= 4 is 7.85 Å². The summed E-state index contributed by atoms with van der Waals surface area (Å²) >= 11 is 0. The molecule has 0 unspecified atom stereocenters. The largest absolute Gasteiger partial charge is 0.252 e. The lowest BCUT2D eigenvalue weighted by molar-refractivity contribution is 0.544. The second-order valence-corrected chi connectivity index (χ2v) is 5.91.